The number of anilines is 1. The molecule has 35 heavy (non-hydrogen) atoms. The van der Waals surface area contributed by atoms with Crippen LogP contribution in [0.3, 0.4) is 0 Å². The van der Waals surface area contributed by atoms with Crippen molar-refractivity contribution in [1.82, 2.24) is 4.98 Å². The molecule has 0 bridgehead atoms. The Kier molecular flexibility index (Phi) is 7.36. The largest absolute Gasteiger partial charge is 0.324 e. The van der Waals surface area contributed by atoms with Crippen molar-refractivity contribution in [2.75, 3.05) is 5.32 Å². The highest BCUT2D eigenvalue weighted by Gasteiger charge is 2.29. The molecule has 4 rings (SSSR count). The number of non-ortho nitro benzene ring substituents is 1. The number of pyridine rings is 1. The van der Waals surface area contributed by atoms with Crippen molar-refractivity contribution in [3.63, 3.8) is 0 Å². The van der Waals surface area contributed by atoms with E-state index in [0.717, 1.165) is 22.5 Å². The lowest BCUT2D eigenvalue weighted by atomic mass is 9.97. The van der Waals surface area contributed by atoms with Crippen LogP contribution in [-0.2, 0) is 11.2 Å². The molecule has 0 saturated heterocycles. The number of amides is 1. The van der Waals surface area contributed by atoms with Crippen LogP contribution in [0, 0.1) is 16.0 Å². The predicted molar refractivity (Wildman–Crippen MR) is 144 cm³/mol. The zero-order valence-corrected chi connectivity index (χ0v) is 21.0. The molecular formula is C28H29N3O3Si. The van der Waals surface area contributed by atoms with Gasteiger partial charge in [0.05, 0.1) is 24.2 Å². The van der Waals surface area contributed by atoms with Gasteiger partial charge >= 0.3 is 0 Å². The number of nitrogens with one attached hydrogen (secondary N) is 1. The molecule has 7 heteroatoms. The fourth-order valence-corrected chi connectivity index (χ4v) is 7.76. The molecule has 0 fully saturated rings. The normalized spacial score (nSPS) is 12.3. The summed E-state index contributed by atoms with van der Waals surface area (Å²) in [4.78, 5) is 28.3. The average Bonchev–Trinajstić information content (AvgIpc) is 2.85. The van der Waals surface area contributed by atoms with Gasteiger partial charge in [-0.25, -0.2) is 0 Å². The zero-order chi connectivity index (χ0) is 24.8. The van der Waals surface area contributed by atoms with Crippen LogP contribution in [0.1, 0.15) is 12.0 Å². The van der Waals surface area contributed by atoms with Crippen LogP contribution < -0.4 is 10.5 Å². The van der Waals surface area contributed by atoms with Gasteiger partial charge in [-0.15, -0.1) is 0 Å². The number of carbonyl (C=O) groups is 1. The van der Waals surface area contributed by atoms with Gasteiger partial charge in [0.15, 0.2) is 0 Å². The molecule has 1 atom stereocenters. The van der Waals surface area contributed by atoms with Gasteiger partial charge in [0.25, 0.3) is 5.69 Å². The lowest BCUT2D eigenvalue weighted by molar-refractivity contribution is -0.384. The van der Waals surface area contributed by atoms with Gasteiger partial charge in [-0.3, -0.25) is 19.9 Å². The van der Waals surface area contributed by atoms with Crippen LogP contribution in [0.25, 0.3) is 10.9 Å². The molecule has 1 heterocycles. The smallest absolute Gasteiger partial charge is 0.269 e. The fourth-order valence-electron chi connectivity index (χ4n) is 4.70. The molecule has 3 aromatic carbocycles. The number of nitro benzene ring substituents is 1. The van der Waals surface area contributed by atoms with Gasteiger partial charge in [-0.05, 0) is 36.1 Å². The van der Waals surface area contributed by atoms with Crippen LogP contribution in [0.2, 0.25) is 19.1 Å². The van der Waals surface area contributed by atoms with Gasteiger partial charge in [0, 0.05) is 30.1 Å². The number of benzene rings is 3. The second-order valence-corrected chi connectivity index (χ2v) is 14.3. The zero-order valence-electron chi connectivity index (χ0n) is 20.0. The lowest BCUT2D eigenvalue weighted by Crippen LogP contribution is -2.43. The Balaban J connectivity index is 1.55. The number of aromatic nitrogens is 1. The van der Waals surface area contributed by atoms with Crippen molar-refractivity contribution >= 4 is 41.4 Å². The van der Waals surface area contributed by atoms with Crippen LogP contribution in [0.4, 0.5) is 11.4 Å². The third-order valence-electron chi connectivity index (χ3n) is 6.41. The highest BCUT2D eigenvalue weighted by atomic mass is 28.3. The molecule has 178 valence electrons. The third-order valence-corrected chi connectivity index (χ3v) is 9.90. The van der Waals surface area contributed by atoms with Gasteiger partial charge in [0.1, 0.15) is 0 Å². The number of rotatable bonds is 9. The Morgan fingerprint density at radius 1 is 0.971 bits per heavy atom. The minimum Gasteiger partial charge on any atom is -0.324 e. The third kappa shape index (κ3) is 6.19. The van der Waals surface area contributed by atoms with E-state index in [4.69, 9.17) is 0 Å². The first kappa shape index (κ1) is 24.3. The van der Waals surface area contributed by atoms with E-state index in [1.165, 1.54) is 17.3 Å². The van der Waals surface area contributed by atoms with Gasteiger partial charge < -0.3 is 5.32 Å². The molecule has 4 aromatic rings. The Bertz CT molecular complexity index is 1320. The van der Waals surface area contributed by atoms with Crippen LogP contribution in [0.5, 0.6) is 0 Å². The van der Waals surface area contributed by atoms with E-state index in [-0.39, 0.29) is 17.5 Å². The number of nitrogens with zero attached hydrogens (tertiary/aromatic N) is 2. The highest BCUT2D eigenvalue weighted by molar-refractivity contribution is 6.89. The summed E-state index contributed by atoms with van der Waals surface area (Å²) in [5.74, 6) is 0.0502. The summed E-state index contributed by atoms with van der Waals surface area (Å²) in [6, 6.07) is 27.7. The maximum atomic E-state index is 13.2. The van der Waals surface area contributed by atoms with Gasteiger partial charge in [0.2, 0.25) is 5.91 Å². The van der Waals surface area contributed by atoms with Crippen LogP contribution in [-0.4, -0.2) is 23.9 Å². The number of hydrogen-bond donors (Lipinski definition) is 1. The van der Waals surface area contributed by atoms with Crippen molar-refractivity contribution in [2.24, 2.45) is 5.92 Å². The maximum absolute atomic E-state index is 13.2. The van der Waals surface area contributed by atoms with Crippen molar-refractivity contribution in [2.45, 2.75) is 32.0 Å². The van der Waals surface area contributed by atoms with Crippen molar-refractivity contribution in [3.05, 3.63) is 107 Å². The van der Waals surface area contributed by atoms with Gasteiger partial charge in [-0.1, -0.05) is 78.9 Å². The first-order valence-electron chi connectivity index (χ1n) is 11.7. The molecule has 1 amide bonds. The van der Waals surface area contributed by atoms with E-state index in [0.29, 0.717) is 18.5 Å². The molecule has 6 nitrogen and oxygen atoms in total. The topological polar surface area (TPSA) is 85.1 Å². The van der Waals surface area contributed by atoms with E-state index in [1.807, 2.05) is 36.4 Å². The minimum atomic E-state index is -1.83. The Morgan fingerprint density at radius 3 is 2.40 bits per heavy atom. The predicted octanol–water partition coefficient (Wildman–Crippen LogP) is 5.95. The van der Waals surface area contributed by atoms with E-state index in [1.54, 1.807) is 18.3 Å². The summed E-state index contributed by atoms with van der Waals surface area (Å²) in [5.41, 5.74) is 2.56. The highest BCUT2D eigenvalue weighted by Crippen LogP contribution is 2.27. The number of fused-ring (bicyclic) bond motifs is 1. The summed E-state index contributed by atoms with van der Waals surface area (Å²) in [7, 11) is -1.83. The van der Waals surface area contributed by atoms with E-state index < -0.39 is 13.0 Å². The van der Waals surface area contributed by atoms with Crippen molar-refractivity contribution in [1.29, 1.82) is 0 Å². The molecule has 0 spiro atoms. The van der Waals surface area contributed by atoms with E-state index >= 15 is 0 Å². The second-order valence-electron chi connectivity index (χ2n) is 9.58. The molecule has 0 radical (unpaired) electrons. The summed E-state index contributed by atoms with van der Waals surface area (Å²) >= 11 is 0. The molecule has 0 aliphatic heterocycles. The quantitative estimate of drug-likeness (QED) is 0.181. The number of carbonyl (C=O) groups excluding carboxylic acids is 1. The molecule has 0 saturated carbocycles. The summed E-state index contributed by atoms with van der Waals surface area (Å²) in [6.45, 7) is 4.66. The summed E-state index contributed by atoms with van der Waals surface area (Å²) < 4.78 is 0. The van der Waals surface area contributed by atoms with Crippen LogP contribution >= 0.6 is 0 Å². The molecule has 1 unspecified atom stereocenters. The first-order chi connectivity index (χ1) is 16.8. The first-order valence-corrected chi connectivity index (χ1v) is 14.9. The Hall–Kier alpha value is -3.84. The minimum absolute atomic E-state index is 0.0482. The SMILES string of the molecule is C[Si](C)(CC(CC(=O)Nc1cccc2cccnc12)Cc1ccc([N+](=O)[O-])cc1)c1ccccc1. The maximum Gasteiger partial charge on any atom is 0.269 e. The van der Waals surface area contributed by atoms with Crippen molar-refractivity contribution < 1.29 is 9.72 Å². The molecule has 1 N–H and O–H groups in total. The number of hydrogen-bond acceptors (Lipinski definition) is 4. The molecule has 0 aliphatic carbocycles. The molecular weight excluding hydrogens is 454 g/mol. The second kappa shape index (κ2) is 10.6. The summed E-state index contributed by atoms with van der Waals surface area (Å²) in [6.07, 6.45) is 2.77. The fraction of sp³-hybridized carbons (Fsp3) is 0.214. The average molecular weight is 484 g/mol. The molecule has 0 aliphatic rings. The Morgan fingerprint density at radius 2 is 1.69 bits per heavy atom. The lowest BCUT2D eigenvalue weighted by Gasteiger charge is -2.28. The van der Waals surface area contributed by atoms with Crippen LogP contribution in [0.15, 0.2) is 91.1 Å². The number of nitro groups is 1. The number of para-hydroxylation sites is 1. The Labute approximate surface area is 206 Å². The van der Waals surface area contributed by atoms with Crippen molar-refractivity contribution in [3.8, 4) is 0 Å². The van der Waals surface area contributed by atoms with E-state index in [9.17, 15) is 14.9 Å². The van der Waals surface area contributed by atoms with E-state index in [2.05, 4.69) is 47.7 Å². The summed E-state index contributed by atoms with van der Waals surface area (Å²) in [5, 5.41) is 16.5. The molecule has 1 aromatic heterocycles. The van der Waals surface area contributed by atoms with Gasteiger partial charge in [-0.2, -0.15) is 0 Å². The standard InChI is InChI=1S/C28H29N3O3Si/c1-35(2,25-10-4-3-5-11-25)20-22(18-21-13-15-24(16-14-21)31(33)34)19-27(32)30-26-12-6-8-23-9-7-17-29-28(23)26/h3-17,22H,18-20H2,1-2H3,(H,30,32). The monoisotopic (exact) mass is 483 g/mol.